The summed E-state index contributed by atoms with van der Waals surface area (Å²) in [5.74, 6) is -0.334. The summed E-state index contributed by atoms with van der Waals surface area (Å²) in [5, 5.41) is 0. The van der Waals surface area contributed by atoms with Crippen molar-refractivity contribution in [1.82, 2.24) is 4.72 Å². The van der Waals surface area contributed by atoms with Crippen molar-refractivity contribution in [3.8, 4) is 0 Å². The number of carbonyl (C=O) groups is 1. The van der Waals surface area contributed by atoms with Crippen LogP contribution in [0.3, 0.4) is 0 Å². The summed E-state index contributed by atoms with van der Waals surface area (Å²) in [4.78, 5) is 12.9. The fourth-order valence-corrected chi connectivity index (χ4v) is 4.47. The highest BCUT2D eigenvalue weighted by atomic mass is 32.2. The SMILES string of the molecule is C=CCCCCC1(C(=O)NS(=O)(=O)c2ccc(C)cc2)CCCC1. The molecule has 0 saturated heterocycles. The number of hydrogen-bond donors (Lipinski definition) is 1. The van der Waals surface area contributed by atoms with Crippen molar-refractivity contribution in [3.63, 3.8) is 0 Å². The lowest BCUT2D eigenvalue weighted by Gasteiger charge is -2.27. The molecular formula is C19H27NO3S. The highest BCUT2D eigenvalue weighted by Crippen LogP contribution is 2.43. The summed E-state index contributed by atoms with van der Waals surface area (Å²) < 4.78 is 27.3. The summed E-state index contributed by atoms with van der Waals surface area (Å²) in [6, 6.07) is 6.55. The molecule has 0 radical (unpaired) electrons. The number of nitrogens with one attached hydrogen (secondary N) is 1. The molecule has 0 bridgehead atoms. The smallest absolute Gasteiger partial charge is 0.264 e. The van der Waals surface area contributed by atoms with Crippen LogP contribution in [0, 0.1) is 12.3 Å². The van der Waals surface area contributed by atoms with Gasteiger partial charge in [-0.15, -0.1) is 6.58 Å². The summed E-state index contributed by atoms with van der Waals surface area (Å²) in [6.45, 7) is 5.61. The lowest BCUT2D eigenvalue weighted by molar-refractivity contribution is -0.129. The van der Waals surface area contributed by atoms with E-state index < -0.39 is 15.4 Å². The second-order valence-corrected chi connectivity index (χ2v) is 8.45. The van der Waals surface area contributed by atoms with Gasteiger partial charge in [0, 0.05) is 0 Å². The van der Waals surface area contributed by atoms with E-state index in [-0.39, 0.29) is 10.8 Å². The first-order valence-electron chi connectivity index (χ1n) is 8.64. The highest BCUT2D eigenvalue weighted by molar-refractivity contribution is 7.90. The Bertz CT molecular complexity index is 671. The maximum Gasteiger partial charge on any atom is 0.264 e. The number of allylic oxidation sites excluding steroid dienone is 1. The molecule has 24 heavy (non-hydrogen) atoms. The van der Waals surface area contributed by atoms with Gasteiger partial charge in [0.1, 0.15) is 0 Å². The van der Waals surface area contributed by atoms with Crippen molar-refractivity contribution in [2.45, 2.75) is 63.2 Å². The highest BCUT2D eigenvalue weighted by Gasteiger charge is 2.42. The van der Waals surface area contributed by atoms with Gasteiger partial charge < -0.3 is 0 Å². The van der Waals surface area contributed by atoms with Crippen molar-refractivity contribution in [2.24, 2.45) is 5.41 Å². The number of hydrogen-bond acceptors (Lipinski definition) is 3. The van der Waals surface area contributed by atoms with Crippen LogP contribution in [0.25, 0.3) is 0 Å². The lowest BCUT2D eigenvalue weighted by atomic mass is 9.80. The Morgan fingerprint density at radius 1 is 1.21 bits per heavy atom. The quantitative estimate of drug-likeness (QED) is 0.567. The predicted molar refractivity (Wildman–Crippen MR) is 96.1 cm³/mol. The fourth-order valence-electron chi connectivity index (χ4n) is 3.40. The van der Waals surface area contributed by atoms with Crippen LogP contribution in [0.5, 0.6) is 0 Å². The van der Waals surface area contributed by atoms with E-state index in [0.717, 1.165) is 56.9 Å². The second kappa shape index (κ2) is 7.97. The Hall–Kier alpha value is -1.62. The molecule has 1 aliphatic rings. The largest absolute Gasteiger partial charge is 0.273 e. The van der Waals surface area contributed by atoms with Crippen LogP contribution in [-0.4, -0.2) is 14.3 Å². The molecule has 0 spiro atoms. The number of rotatable bonds is 8. The van der Waals surface area contributed by atoms with Crippen LogP contribution >= 0.6 is 0 Å². The van der Waals surface area contributed by atoms with Crippen molar-refractivity contribution >= 4 is 15.9 Å². The van der Waals surface area contributed by atoms with Gasteiger partial charge in [-0.2, -0.15) is 0 Å². The monoisotopic (exact) mass is 349 g/mol. The molecule has 1 aliphatic carbocycles. The Balaban J connectivity index is 2.09. The van der Waals surface area contributed by atoms with Crippen molar-refractivity contribution in [2.75, 3.05) is 0 Å². The Morgan fingerprint density at radius 3 is 2.42 bits per heavy atom. The minimum absolute atomic E-state index is 0.140. The number of carbonyl (C=O) groups excluding carboxylic acids is 1. The molecule has 4 nitrogen and oxygen atoms in total. The second-order valence-electron chi connectivity index (χ2n) is 6.77. The van der Waals surface area contributed by atoms with E-state index >= 15 is 0 Å². The minimum Gasteiger partial charge on any atom is -0.273 e. The first kappa shape index (κ1) is 18.7. The van der Waals surface area contributed by atoms with E-state index in [1.54, 1.807) is 12.1 Å². The van der Waals surface area contributed by atoms with E-state index in [4.69, 9.17) is 0 Å². The molecule has 1 aromatic rings. The Kier molecular flexibility index (Phi) is 6.21. The zero-order chi connectivity index (χ0) is 17.6. The zero-order valence-corrected chi connectivity index (χ0v) is 15.2. The molecule has 0 unspecified atom stereocenters. The van der Waals surface area contributed by atoms with Gasteiger partial charge in [-0.1, -0.05) is 43.0 Å². The normalized spacial score (nSPS) is 16.7. The minimum atomic E-state index is -3.80. The van der Waals surface area contributed by atoms with Crippen LogP contribution in [0.15, 0.2) is 41.8 Å². The molecule has 132 valence electrons. The van der Waals surface area contributed by atoms with Gasteiger partial charge in [-0.05, 0) is 51.2 Å². The molecule has 0 heterocycles. The van der Waals surface area contributed by atoms with Gasteiger partial charge in [0.15, 0.2) is 0 Å². The summed E-state index contributed by atoms with van der Waals surface area (Å²) in [5.41, 5.74) is 0.452. The predicted octanol–water partition coefficient (Wildman–Crippen LogP) is 4.11. The number of amides is 1. The van der Waals surface area contributed by atoms with Gasteiger partial charge in [0.2, 0.25) is 5.91 Å². The average molecular weight is 349 g/mol. The lowest BCUT2D eigenvalue weighted by Crippen LogP contribution is -2.42. The van der Waals surface area contributed by atoms with Crippen LogP contribution < -0.4 is 4.72 Å². The van der Waals surface area contributed by atoms with E-state index in [1.165, 1.54) is 12.1 Å². The molecular weight excluding hydrogens is 322 g/mol. The molecule has 1 fully saturated rings. The van der Waals surface area contributed by atoms with Crippen LogP contribution in [0.1, 0.15) is 56.9 Å². The van der Waals surface area contributed by atoms with E-state index in [9.17, 15) is 13.2 Å². The van der Waals surface area contributed by atoms with Crippen LogP contribution in [0.2, 0.25) is 0 Å². The number of unbranched alkanes of at least 4 members (excludes halogenated alkanes) is 2. The average Bonchev–Trinajstić information content (AvgIpc) is 3.02. The molecule has 1 aromatic carbocycles. The Morgan fingerprint density at radius 2 is 1.83 bits per heavy atom. The maximum absolute atomic E-state index is 12.8. The van der Waals surface area contributed by atoms with Gasteiger partial charge in [-0.3, -0.25) is 4.79 Å². The summed E-state index contributed by atoms with van der Waals surface area (Å²) in [6.07, 6.45) is 8.98. The van der Waals surface area contributed by atoms with E-state index in [0.29, 0.717) is 0 Å². The van der Waals surface area contributed by atoms with Crippen LogP contribution in [-0.2, 0) is 14.8 Å². The third kappa shape index (κ3) is 4.47. The first-order chi connectivity index (χ1) is 11.4. The topological polar surface area (TPSA) is 63.2 Å². The zero-order valence-electron chi connectivity index (χ0n) is 14.4. The third-order valence-electron chi connectivity index (χ3n) is 4.91. The van der Waals surface area contributed by atoms with E-state index in [2.05, 4.69) is 11.3 Å². The van der Waals surface area contributed by atoms with Gasteiger partial charge >= 0.3 is 0 Å². The molecule has 0 atom stereocenters. The molecule has 2 rings (SSSR count). The number of sulfonamides is 1. The van der Waals surface area contributed by atoms with E-state index in [1.807, 2.05) is 13.0 Å². The fraction of sp³-hybridized carbons (Fsp3) is 0.526. The van der Waals surface area contributed by atoms with Gasteiger partial charge in [0.05, 0.1) is 10.3 Å². The van der Waals surface area contributed by atoms with Crippen molar-refractivity contribution in [1.29, 1.82) is 0 Å². The maximum atomic E-state index is 12.8. The molecule has 5 heteroatoms. The number of benzene rings is 1. The molecule has 0 aliphatic heterocycles. The summed E-state index contributed by atoms with van der Waals surface area (Å²) >= 11 is 0. The standard InChI is InChI=1S/C19H27NO3S/c1-3-4-5-6-13-19(14-7-8-15-19)18(21)20-24(22,23)17-11-9-16(2)10-12-17/h3,9-12H,1,4-8,13-15H2,2H3,(H,20,21). The third-order valence-corrected chi connectivity index (χ3v) is 6.26. The van der Waals surface area contributed by atoms with Crippen molar-refractivity contribution < 1.29 is 13.2 Å². The van der Waals surface area contributed by atoms with Gasteiger partial charge in [0.25, 0.3) is 10.0 Å². The molecule has 1 N–H and O–H groups in total. The molecule has 1 amide bonds. The first-order valence-corrected chi connectivity index (χ1v) is 10.1. The summed E-state index contributed by atoms with van der Waals surface area (Å²) in [7, 11) is -3.80. The number of aryl methyl sites for hydroxylation is 1. The Labute approximate surface area is 145 Å². The van der Waals surface area contributed by atoms with Crippen molar-refractivity contribution in [3.05, 3.63) is 42.5 Å². The molecule has 0 aromatic heterocycles. The van der Waals surface area contributed by atoms with Crippen LogP contribution in [0.4, 0.5) is 0 Å². The van der Waals surface area contributed by atoms with Gasteiger partial charge in [-0.25, -0.2) is 13.1 Å². The molecule has 1 saturated carbocycles.